The highest BCUT2D eigenvalue weighted by molar-refractivity contribution is 9.10. The summed E-state index contributed by atoms with van der Waals surface area (Å²) in [6.07, 6.45) is 0.986. The van der Waals surface area contributed by atoms with Crippen molar-refractivity contribution < 1.29 is 9.47 Å². The fraction of sp³-hybridized carbons (Fsp3) is 0.455. The molecule has 0 atom stereocenters. The van der Waals surface area contributed by atoms with Crippen molar-refractivity contribution in [3.63, 3.8) is 0 Å². The van der Waals surface area contributed by atoms with Crippen LogP contribution in [0.4, 0.5) is 5.69 Å². The van der Waals surface area contributed by atoms with Crippen molar-refractivity contribution in [3.05, 3.63) is 22.7 Å². The molecule has 3 nitrogen and oxygen atoms in total. The van der Waals surface area contributed by atoms with Crippen LogP contribution in [0.15, 0.2) is 22.7 Å². The maximum atomic E-state index is 5.15. The third-order valence-electron chi connectivity index (χ3n) is 2.01. The smallest absolute Gasteiger partial charge is 0.121 e. The highest BCUT2D eigenvalue weighted by Crippen LogP contribution is 2.26. The van der Waals surface area contributed by atoms with Crippen LogP contribution in [0.1, 0.15) is 6.42 Å². The molecule has 84 valence electrons. The quantitative estimate of drug-likeness (QED) is 0.809. The molecule has 0 saturated heterocycles. The second-order valence-electron chi connectivity index (χ2n) is 3.12. The molecule has 0 bridgehead atoms. The van der Waals surface area contributed by atoms with Gasteiger partial charge in [-0.2, -0.15) is 0 Å². The Bertz CT molecular complexity index is 305. The van der Waals surface area contributed by atoms with Crippen molar-refractivity contribution in [2.75, 3.05) is 32.7 Å². The molecule has 1 rings (SSSR count). The van der Waals surface area contributed by atoms with Crippen LogP contribution in [0.25, 0.3) is 0 Å². The predicted octanol–water partition coefficient (Wildman–Crippen LogP) is 2.91. The Labute approximate surface area is 98.9 Å². The van der Waals surface area contributed by atoms with E-state index in [9.17, 15) is 0 Å². The van der Waals surface area contributed by atoms with E-state index >= 15 is 0 Å². The molecule has 1 aromatic carbocycles. The Morgan fingerprint density at radius 1 is 1.33 bits per heavy atom. The van der Waals surface area contributed by atoms with Crippen molar-refractivity contribution in [3.8, 4) is 5.75 Å². The van der Waals surface area contributed by atoms with Crippen LogP contribution in [0.5, 0.6) is 5.75 Å². The molecule has 0 aromatic heterocycles. The Kier molecular flexibility index (Phi) is 5.50. The Morgan fingerprint density at radius 2 is 2.13 bits per heavy atom. The molecule has 0 amide bonds. The maximum absolute atomic E-state index is 5.15. The first kappa shape index (κ1) is 12.3. The summed E-state index contributed by atoms with van der Waals surface area (Å²) >= 11 is 3.48. The normalized spacial score (nSPS) is 10.1. The summed E-state index contributed by atoms with van der Waals surface area (Å²) in [7, 11) is 3.37. The van der Waals surface area contributed by atoms with Gasteiger partial charge in [0, 0.05) is 30.8 Å². The van der Waals surface area contributed by atoms with E-state index in [4.69, 9.17) is 9.47 Å². The van der Waals surface area contributed by atoms with Crippen LogP contribution in [-0.4, -0.2) is 27.4 Å². The SMILES string of the molecule is COCCCNc1cc(OC)ccc1Br. The van der Waals surface area contributed by atoms with E-state index in [1.54, 1.807) is 14.2 Å². The second-order valence-corrected chi connectivity index (χ2v) is 3.97. The zero-order valence-electron chi connectivity index (χ0n) is 9.05. The summed E-state index contributed by atoms with van der Waals surface area (Å²) in [5.41, 5.74) is 1.05. The Balaban J connectivity index is 2.51. The van der Waals surface area contributed by atoms with Crippen LogP contribution in [0, 0.1) is 0 Å². The number of nitrogens with one attached hydrogen (secondary N) is 1. The molecule has 1 aromatic rings. The average molecular weight is 274 g/mol. The van der Waals surface area contributed by atoms with Gasteiger partial charge >= 0.3 is 0 Å². The third kappa shape index (κ3) is 4.10. The van der Waals surface area contributed by atoms with E-state index in [1.807, 2.05) is 18.2 Å². The molecule has 1 N–H and O–H groups in total. The molecule has 0 saturated carbocycles. The molecule has 0 aliphatic rings. The number of hydrogen-bond donors (Lipinski definition) is 1. The van der Waals surface area contributed by atoms with Crippen LogP contribution in [0.3, 0.4) is 0 Å². The van der Waals surface area contributed by atoms with Crippen LogP contribution in [0.2, 0.25) is 0 Å². The standard InChI is InChI=1S/C11H16BrNO2/c1-14-7-3-6-13-11-8-9(15-2)4-5-10(11)12/h4-5,8,13H,3,6-7H2,1-2H3. The van der Waals surface area contributed by atoms with Gasteiger partial charge in [0.25, 0.3) is 0 Å². The van der Waals surface area contributed by atoms with Crippen LogP contribution < -0.4 is 10.1 Å². The van der Waals surface area contributed by atoms with Crippen molar-refractivity contribution in [1.82, 2.24) is 0 Å². The molecule has 0 heterocycles. The van der Waals surface area contributed by atoms with E-state index in [-0.39, 0.29) is 0 Å². The van der Waals surface area contributed by atoms with Gasteiger partial charge in [0.15, 0.2) is 0 Å². The van der Waals surface area contributed by atoms with Crippen molar-refractivity contribution in [2.24, 2.45) is 0 Å². The number of ether oxygens (including phenoxy) is 2. The van der Waals surface area contributed by atoms with E-state index < -0.39 is 0 Å². The maximum Gasteiger partial charge on any atom is 0.121 e. The molecule has 0 spiro atoms. The van der Waals surface area contributed by atoms with Crippen molar-refractivity contribution >= 4 is 21.6 Å². The van der Waals surface area contributed by atoms with Crippen LogP contribution >= 0.6 is 15.9 Å². The van der Waals surface area contributed by atoms with E-state index in [0.717, 1.165) is 35.5 Å². The summed E-state index contributed by atoms with van der Waals surface area (Å²) in [5, 5.41) is 3.32. The lowest BCUT2D eigenvalue weighted by Crippen LogP contribution is -2.05. The van der Waals surface area contributed by atoms with E-state index in [1.165, 1.54) is 0 Å². The monoisotopic (exact) mass is 273 g/mol. The molecule has 0 radical (unpaired) electrons. The average Bonchev–Trinajstić information content (AvgIpc) is 2.26. The third-order valence-corrected chi connectivity index (χ3v) is 2.71. The number of hydrogen-bond acceptors (Lipinski definition) is 3. The van der Waals surface area contributed by atoms with Gasteiger partial charge in [-0.15, -0.1) is 0 Å². The summed E-state index contributed by atoms with van der Waals surface area (Å²) in [5.74, 6) is 0.854. The van der Waals surface area contributed by atoms with Crippen molar-refractivity contribution in [2.45, 2.75) is 6.42 Å². The lowest BCUT2D eigenvalue weighted by atomic mass is 10.3. The first-order valence-electron chi connectivity index (χ1n) is 4.84. The molecule has 0 unspecified atom stereocenters. The zero-order chi connectivity index (χ0) is 11.1. The molecule has 0 aliphatic heterocycles. The second kappa shape index (κ2) is 6.69. The van der Waals surface area contributed by atoms with Crippen LogP contribution in [-0.2, 0) is 4.74 Å². The largest absolute Gasteiger partial charge is 0.497 e. The van der Waals surface area contributed by atoms with Gasteiger partial charge in [-0.25, -0.2) is 0 Å². The predicted molar refractivity (Wildman–Crippen MR) is 65.7 cm³/mol. The van der Waals surface area contributed by atoms with Gasteiger partial charge in [-0.05, 0) is 34.5 Å². The molecule has 0 aliphatic carbocycles. The highest BCUT2D eigenvalue weighted by atomic mass is 79.9. The molecule has 15 heavy (non-hydrogen) atoms. The number of halogens is 1. The summed E-state index contributed by atoms with van der Waals surface area (Å²) in [6.45, 7) is 1.66. The Hall–Kier alpha value is -0.740. The first-order chi connectivity index (χ1) is 7.27. The van der Waals surface area contributed by atoms with E-state index in [0.29, 0.717) is 0 Å². The molecule has 0 fully saturated rings. The minimum atomic E-state index is 0.772. The lowest BCUT2D eigenvalue weighted by Gasteiger charge is -2.09. The summed E-state index contributed by atoms with van der Waals surface area (Å²) in [6, 6.07) is 5.86. The fourth-order valence-corrected chi connectivity index (χ4v) is 1.59. The minimum Gasteiger partial charge on any atom is -0.497 e. The van der Waals surface area contributed by atoms with Gasteiger partial charge in [-0.3, -0.25) is 0 Å². The van der Waals surface area contributed by atoms with Gasteiger partial charge in [0.1, 0.15) is 5.75 Å². The number of methoxy groups -OCH3 is 2. The van der Waals surface area contributed by atoms with Crippen molar-refractivity contribution in [1.29, 1.82) is 0 Å². The number of rotatable bonds is 6. The Morgan fingerprint density at radius 3 is 2.80 bits per heavy atom. The first-order valence-corrected chi connectivity index (χ1v) is 5.63. The van der Waals surface area contributed by atoms with Gasteiger partial charge in [0.2, 0.25) is 0 Å². The zero-order valence-corrected chi connectivity index (χ0v) is 10.6. The molecular weight excluding hydrogens is 258 g/mol. The highest BCUT2D eigenvalue weighted by Gasteiger charge is 2.00. The number of anilines is 1. The van der Waals surface area contributed by atoms with Gasteiger partial charge in [0.05, 0.1) is 12.8 Å². The molecular formula is C11H16BrNO2. The topological polar surface area (TPSA) is 30.5 Å². The molecule has 4 heteroatoms. The van der Waals surface area contributed by atoms with E-state index in [2.05, 4.69) is 21.2 Å². The summed E-state index contributed by atoms with van der Waals surface area (Å²) in [4.78, 5) is 0. The number of benzene rings is 1. The lowest BCUT2D eigenvalue weighted by molar-refractivity contribution is 0.198. The summed E-state index contributed by atoms with van der Waals surface area (Å²) < 4.78 is 11.2. The fourth-order valence-electron chi connectivity index (χ4n) is 1.21. The minimum absolute atomic E-state index is 0.772. The van der Waals surface area contributed by atoms with Gasteiger partial charge in [-0.1, -0.05) is 0 Å². The van der Waals surface area contributed by atoms with Gasteiger partial charge < -0.3 is 14.8 Å².